The summed E-state index contributed by atoms with van der Waals surface area (Å²) in [6.07, 6.45) is 1.30. The minimum absolute atomic E-state index is 0.237. The van der Waals surface area contributed by atoms with E-state index >= 15 is 0 Å². The first-order valence-electron chi connectivity index (χ1n) is 1.94. The predicted molar refractivity (Wildman–Crippen MR) is 33.9 cm³/mol. The van der Waals surface area contributed by atoms with Crippen LogP contribution in [0.2, 0.25) is 0 Å². The molecule has 0 aliphatic carbocycles. The molecular formula is C2H7NO4S2. The largest absolute Gasteiger partial charge is 0.305 e. The molecule has 7 heteroatoms. The summed E-state index contributed by atoms with van der Waals surface area (Å²) < 4.78 is 32.2. The fraction of sp³-hybridized carbons (Fsp3) is 1.00. The average Bonchev–Trinajstić information content (AvgIpc) is 1.63. The van der Waals surface area contributed by atoms with Gasteiger partial charge < -0.3 is 4.55 Å². The van der Waals surface area contributed by atoms with Crippen LogP contribution < -0.4 is 5.48 Å². The molecule has 2 N–H and O–H groups in total. The van der Waals surface area contributed by atoms with Crippen LogP contribution in [0.15, 0.2) is 0 Å². The first-order chi connectivity index (χ1) is 4.13. The second-order valence-corrected chi connectivity index (χ2v) is 3.00. The quantitative estimate of drug-likeness (QED) is 0.420. The summed E-state index contributed by atoms with van der Waals surface area (Å²) in [6, 6.07) is 0. The van der Waals surface area contributed by atoms with Gasteiger partial charge in [0.25, 0.3) is 0 Å². The second kappa shape index (κ2) is 5.00. The summed E-state index contributed by atoms with van der Waals surface area (Å²) >= 11 is -3.39. The van der Waals surface area contributed by atoms with Gasteiger partial charge in [0.2, 0.25) is 0 Å². The first kappa shape index (κ1) is 9.18. The summed E-state index contributed by atoms with van der Waals surface area (Å²) in [5, 5.41) is 0. The molecule has 56 valence electrons. The maximum Gasteiger partial charge on any atom is 0.169 e. The van der Waals surface area contributed by atoms with Crippen LogP contribution in [-0.4, -0.2) is 25.1 Å². The lowest BCUT2D eigenvalue weighted by molar-refractivity contribution is 0.243. The molecule has 0 aliphatic heterocycles. The molecule has 0 rings (SSSR count). The highest BCUT2D eigenvalue weighted by Gasteiger charge is 1.92. The maximum atomic E-state index is 10.1. The van der Waals surface area contributed by atoms with Gasteiger partial charge in [0.05, 0.1) is 0 Å². The lowest BCUT2D eigenvalue weighted by Gasteiger charge is -1.95. The lowest BCUT2D eigenvalue weighted by atomic mass is 11.5. The Labute approximate surface area is 57.7 Å². The third-order valence-corrected chi connectivity index (χ3v) is 1.08. The van der Waals surface area contributed by atoms with Gasteiger partial charge in [-0.25, -0.2) is 12.7 Å². The highest BCUT2D eigenvalue weighted by Crippen LogP contribution is 1.73. The van der Waals surface area contributed by atoms with E-state index in [1.165, 1.54) is 6.26 Å². The number of hydrogen-bond acceptors (Lipinski definition) is 4. The highest BCUT2D eigenvalue weighted by atomic mass is 32.2. The second-order valence-electron chi connectivity index (χ2n) is 1.09. The van der Waals surface area contributed by atoms with Crippen LogP contribution in [0.25, 0.3) is 0 Å². The molecule has 2 atom stereocenters. The van der Waals surface area contributed by atoms with Crippen molar-refractivity contribution >= 4 is 22.2 Å². The van der Waals surface area contributed by atoms with Gasteiger partial charge in [-0.15, -0.1) is 0 Å². The van der Waals surface area contributed by atoms with Crippen LogP contribution in [0.4, 0.5) is 0 Å². The monoisotopic (exact) mass is 173 g/mol. The van der Waals surface area contributed by atoms with Gasteiger partial charge in [-0.3, -0.25) is 0 Å². The van der Waals surface area contributed by atoms with E-state index in [0.29, 0.717) is 0 Å². The zero-order chi connectivity index (χ0) is 7.28. The van der Waals surface area contributed by atoms with Crippen molar-refractivity contribution in [1.82, 2.24) is 5.48 Å². The Balaban J connectivity index is 3.10. The fourth-order valence-corrected chi connectivity index (χ4v) is 0.617. The SMILES string of the molecule is CS(=O)ONCS(=O)O. The molecule has 0 aromatic heterocycles. The molecule has 0 aromatic rings. The topological polar surface area (TPSA) is 75.6 Å². The molecule has 0 aliphatic rings. The lowest BCUT2D eigenvalue weighted by Crippen LogP contribution is -2.19. The van der Waals surface area contributed by atoms with Crippen LogP contribution in [0, 0.1) is 0 Å². The molecule has 0 amide bonds. The van der Waals surface area contributed by atoms with E-state index in [0.717, 1.165) is 0 Å². The molecule has 0 bridgehead atoms. The third-order valence-electron chi connectivity index (χ3n) is 0.359. The Kier molecular flexibility index (Phi) is 5.10. The van der Waals surface area contributed by atoms with Crippen LogP contribution >= 0.6 is 0 Å². The van der Waals surface area contributed by atoms with Gasteiger partial charge in [0.1, 0.15) is 5.88 Å². The summed E-state index contributed by atoms with van der Waals surface area (Å²) in [4.78, 5) is 0. The Morgan fingerprint density at radius 3 is 2.56 bits per heavy atom. The zero-order valence-electron chi connectivity index (χ0n) is 4.70. The summed E-state index contributed by atoms with van der Waals surface area (Å²) in [5.41, 5.74) is 2.03. The van der Waals surface area contributed by atoms with E-state index in [1.54, 1.807) is 0 Å². The van der Waals surface area contributed by atoms with E-state index in [4.69, 9.17) is 4.55 Å². The van der Waals surface area contributed by atoms with E-state index in [1.807, 2.05) is 5.48 Å². The van der Waals surface area contributed by atoms with Crippen molar-refractivity contribution in [3.63, 3.8) is 0 Å². The van der Waals surface area contributed by atoms with Gasteiger partial charge in [-0.1, -0.05) is 0 Å². The standard InChI is InChI=1S/C2H7NO4S2/c1-8(4)7-3-2-9(5)6/h3H,2H2,1H3,(H,5,6). The van der Waals surface area contributed by atoms with Crippen LogP contribution in [0.5, 0.6) is 0 Å². The maximum absolute atomic E-state index is 10.1. The van der Waals surface area contributed by atoms with E-state index < -0.39 is 22.2 Å². The number of hydrogen-bond donors (Lipinski definition) is 2. The molecule has 0 saturated heterocycles. The molecule has 0 saturated carbocycles. The van der Waals surface area contributed by atoms with E-state index in [2.05, 4.69) is 4.28 Å². The van der Waals surface area contributed by atoms with Crippen LogP contribution in [0.3, 0.4) is 0 Å². The molecule has 0 spiro atoms. The molecule has 0 aromatic carbocycles. The van der Waals surface area contributed by atoms with Crippen molar-refractivity contribution in [2.24, 2.45) is 0 Å². The average molecular weight is 173 g/mol. The van der Waals surface area contributed by atoms with E-state index in [9.17, 15) is 8.42 Å². The minimum Gasteiger partial charge on any atom is -0.305 e. The van der Waals surface area contributed by atoms with Gasteiger partial charge in [0, 0.05) is 6.26 Å². The summed E-state index contributed by atoms with van der Waals surface area (Å²) in [7, 11) is 0. The first-order valence-corrected chi connectivity index (χ1v) is 4.70. The predicted octanol–water partition coefficient (Wildman–Crippen LogP) is -1.02. The van der Waals surface area contributed by atoms with Crippen LogP contribution in [0.1, 0.15) is 0 Å². The van der Waals surface area contributed by atoms with Crippen LogP contribution in [-0.2, 0) is 26.4 Å². The Morgan fingerprint density at radius 1 is 1.67 bits per heavy atom. The Morgan fingerprint density at radius 2 is 2.22 bits per heavy atom. The number of hydroxylamine groups is 1. The van der Waals surface area contributed by atoms with Gasteiger partial charge in [-0.05, 0) is 0 Å². The highest BCUT2D eigenvalue weighted by molar-refractivity contribution is 7.79. The summed E-state index contributed by atoms with van der Waals surface area (Å²) in [5.74, 6) is -0.237. The molecule has 5 nitrogen and oxygen atoms in total. The third kappa shape index (κ3) is 8.18. The smallest absolute Gasteiger partial charge is 0.169 e. The zero-order valence-corrected chi connectivity index (χ0v) is 6.33. The van der Waals surface area contributed by atoms with Crippen molar-refractivity contribution in [3.8, 4) is 0 Å². The molecule has 0 heterocycles. The molecule has 0 fully saturated rings. The fourth-order valence-electron chi connectivity index (χ4n) is 0.157. The van der Waals surface area contributed by atoms with Crippen molar-refractivity contribution in [1.29, 1.82) is 0 Å². The Hall–Kier alpha value is 0.180. The van der Waals surface area contributed by atoms with Gasteiger partial charge in [-0.2, -0.15) is 5.48 Å². The number of rotatable bonds is 4. The molecule has 0 radical (unpaired) electrons. The van der Waals surface area contributed by atoms with E-state index in [-0.39, 0.29) is 5.88 Å². The van der Waals surface area contributed by atoms with Gasteiger partial charge >= 0.3 is 0 Å². The Bertz CT molecular complexity index is 112. The van der Waals surface area contributed by atoms with Crippen molar-refractivity contribution in [2.45, 2.75) is 0 Å². The number of nitrogens with one attached hydrogen (secondary N) is 1. The normalized spacial score (nSPS) is 17.1. The van der Waals surface area contributed by atoms with Crippen molar-refractivity contribution < 1.29 is 17.3 Å². The molecule has 9 heavy (non-hydrogen) atoms. The molecule has 2 unspecified atom stereocenters. The van der Waals surface area contributed by atoms with Crippen molar-refractivity contribution in [3.05, 3.63) is 0 Å². The minimum atomic E-state index is -1.95. The molecular weight excluding hydrogens is 166 g/mol. The van der Waals surface area contributed by atoms with Crippen molar-refractivity contribution in [2.75, 3.05) is 12.1 Å². The van der Waals surface area contributed by atoms with Gasteiger partial charge in [0.15, 0.2) is 22.2 Å². The summed E-state index contributed by atoms with van der Waals surface area (Å²) in [6.45, 7) is 0.